The van der Waals surface area contributed by atoms with E-state index in [4.69, 9.17) is 0 Å². The standard InChI is InChI=1S/C15H17N3OS2/c19-13(18-15-16-9-10-20-15)7-3-4-8-14-17-11-5-1-2-6-12(11)21-14/h1-2,5-6H,3-4,7-10H2,(H,16,18,19). The average Bonchev–Trinajstić information content (AvgIpc) is 3.12. The van der Waals surface area contributed by atoms with Gasteiger partial charge in [-0.15, -0.1) is 11.3 Å². The minimum Gasteiger partial charge on any atom is -0.305 e. The van der Waals surface area contributed by atoms with Crippen LogP contribution in [0.1, 0.15) is 24.3 Å². The molecule has 0 unspecified atom stereocenters. The lowest BCUT2D eigenvalue weighted by Gasteiger charge is -2.03. The zero-order valence-corrected chi connectivity index (χ0v) is 13.3. The number of aliphatic imine (C=N–C) groups is 1. The highest BCUT2D eigenvalue weighted by Gasteiger charge is 2.10. The number of aromatic nitrogens is 1. The van der Waals surface area contributed by atoms with Gasteiger partial charge in [0.1, 0.15) is 0 Å². The van der Waals surface area contributed by atoms with Crippen molar-refractivity contribution in [2.45, 2.75) is 25.7 Å². The predicted molar refractivity (Wildman–Crippen MR) is 90.1 cm³/mol. The molecule has 2 aromatic rings. The molecular weight excluding hydrogens is 302 g/mol. The van der Waals surface area contributed by atoms with Gasteiger partial charge in [0.05, 0.1) is 21.8 Å². The summed E-state index contributed by atoms with van der Waals surface area (Å²) in [6.07, 6.45) is 3.39. The lowest BCUT2D eigenvalue weighted by atomic mass is 10.2. The largest absolute Gasteiger partial charge is 0.305 e. The number of amidine groups is 1. The number of hydrogen-bond donors (Lipinski definition) is 1. The molecule has 110 valence electrons. The molecule has 0 atom stereocenters. The molecule has 0 aliphatic carbocycles. The van der Waals surface area contributed by atoms with Crippen LogP contribution in [0.5, 0.6) is 0 Å². The van der Waals surface area contributed by atoms with E-state index in [1.165, 1.54) is 4.70 Å². The maximum absolute atomic E-state index is 11.7. The van der Waals surface area contributed by atoms with Crippen molar-refractivity contribution in [1.29, 1.82) is 0 Å². The van der Waals surface area contributed by atoms with Gasteiger partial charge in [0, 0.05) is 12.2 Å². The summed E-state index contributed by atoms with van der Waals surface area (Å²) in [5.41, 5.74) is 1.08. The highest BCUT2D eigenvalue weighted by atomic mass is 32.2. The van der Waals surface area contributed by atoms with E-state index in [0.29, 0.717) is 6.42 Å². The van der Waals surface area contributed by atoms with E-state index >= 15 is 0 Å². The van der Waals surface area contributed by atoms with Gasteiger partial charge in [-0.2, -0.15) is 0 Å². The Balaban J connectivity index is 1.40. The van der Waals surface area contributed by atoms with Crippen LogP contribution >= 0.6 is 23.1 Å². The van der Waals surface area contributed by atoms with Crippen molar-refractivity contribution in [3.63, 3.8) is 0 Å². The Labute approximate surface area is 132 Å². The summed E-state index contributed by atoms with van der Waals surface area (Å²) < 4.78 is 1.24. The topological polar surface area (TPSA) is 54.4 Å². The first-order valence-corrected chi connectivity index (χ1v) is 8.93. The van der Waals surface area contributed by atoms with Crippen LogP contribution in [0.3, 0.4) is 0 Å². The van der Waals surface area contributed by atoms with Crippen molar-refractivity contribution >= 4 is 44.4 Å². The maximum Gasteiger partial charge on any atom is 0.225 e. The number of benzene rings is 1. The molecule has 21 heavy (non-hydrogen) atoms. The Morgan fingerprint density at radius 3 is 3.00 bits per heavy atom. The molecule has 0 bridgehead atoms. The van der Waals surface area contributed by atoms with Gasteiger partial charge in [-0.05, 0) is 31.4 Å². The number of nitrogens with one attached hydrogen (secondary N) is 1. The van der Waals surface area contributed by atoms with Crippen molar-refractivity contribution in [2.75, 3.05) is 12.3 Å². The first-order valence-electron chi connectivity index (χ1n) is 7.13. The van der Waals surface area contributed by atoms with E-state index in [2.05, 4.69) is 21.4 Å². The lowest BCUT2D eigenvalue weighted by molar-refractivity contribution is -0.119. The van der Waals surface area contributed by atoms with Gasteiger partial charge in [-0.3, -0.25) is 9.79 Å². The summed E-state index contributed by atoms with van der Waals surface area (Å²) in [7, 11) is 0. The number of unbranched alkanes of at least 4 members (excludes halogenated alkanes) is 1. The molecule has 0 saturated heterocycles. The van der Waals surface area contributed by atoms with E-state index < -0.39 is 0 Å². The number of carbonyl (C=O) groups is 1. The third kappa shape index (κ3) is 4.04. The number of carbonyl (C=O) groups excluding carboxylic acids is 1. The van der Waals surface area contributed by atoms with Gasteiger partial charge in [-0.1, -0.05) is 23.9 Å². The van der Waals surface area contributed by atoms with Gasteiger partial charge in [0.25, 0.3) is 0 Å². The second kappa shape index (κ2) is 7.04. The summed E-state index contributed by atoms with van der Waals surface area (Å²) in [6, 6.07) is 8.20. The maximum atomic E-state index is 11.7. The Hall–Kier alpha value is -1.40. The minimum atomic E-state index is 0.0763. The van der Waals surface area contributed by atoms with Crippen LogP contribution in [0.4, 0.5) is 0 Å². The zero-order chi connectivity index (χ0) is 14.5. The summed E-state index contributed by atoms with van der Waals surface area (Å²) in [4.78, 5) is 20.6. The molecule has 1 aromatic carbocycles. The van der Waals surface area contributed by atoms with E-state index in [1.807, 2.05) is 18.2 Å². The number of para-hydroxylation sites is 1. The second-order valence-corrected chi connectivity index (χ2v) is 7.06. The zero-order valence-electron chi connectivity index (χ0n) is 11.7. The van der Waals surface area contributed by atoms with Gasteiger partial charge in [0.2, 0.25) is 5.91 Å². The molecule has 1 aliphatic heterocycles. The van der Waals surface area contributed by atoms with Crippen molar-refractivity contribution < 1.29 is 4.79 Å². The van der Waals surface area contributed by atoms with Crippen LogP contribution in [0, 0.1) is 0 Å². The number of thioether (sulfide) groups is 1. The third-order valence-electron chi connectivity index (χ3n) is 3.21. The third-order valence-corrected chi connectivity index (χ3v) is 5.20. The molecule has 1 aromatic heterocycles. The Bertz CT molecular complexity index is 633. The lowest BCUT2D eigenvalue weighted by Crippen LogP contribution is -2.26. The fraction of sp³-hybridized carbons (Fsp3) is 0.400. The Kier molecular flexibility index (Phi) is 4.87. The van der Waals surface area contributed by atoms with Crippen LogP contribution in [-0.4, -0.2) is 28.4 Å². The fourth-order valence-corrected chi connectivity index (χ4v) is 3.93. The number of nitrogens with zero attached hydrogens (tertiary/aromatic N) is 2. The number of aryl methyl sites for hydroxylation is 1. The quantitative estimate of drug-likeness (QED) is 0.861. The van der Waals surface area contributed by atoms with Crippen LogP contribution < -0.4 is 5.32 Å². The predicted octanol–water partition coefficient (Wildman–Crippen LogP) is 3.23. The van der Waals surface area contributed by atoms with Crippen molar-refractivity contribution in [2.24, 2.45) is 4.99 Å². The Morgan fingerprint density at radius 1 is 1.29 bits per heavy atom. The monoisotopic (exact) mass is 319 g/mol. The second-order valence-electron chi connectivity index (χ2n) is 4.87. The number of thiazole rings is 1. The van der Waals surface area contributed by atoms with Gasteiger partial charge < -0.3 is 5.32 Å². The molecule has 1 amide bonds. The molecule has 6 heteroatoms. The molecule has 0 saturated carbocycles. The SMILES string of the molecule is O=C(CCCCc1nc2ccccc2s1)NC1=NCCS1. The van der Waals surface area contributed by atoms with Crippen molar-refractivity contribution in [3.8, 4) is 0 Å². The average molecular weight is 319 g/mol. The first-order chi connectivity index (χ1) is 10.3. The number of hydrogen-bond acceptors (Lipinski definition) is 5. The summed E-state index contributed by atoms with van der Waals surface area (Å²) in [5.74, 6) is 1.06. The van der Waals surface area contributed by atoms with Crippen molar-refractivity contribution in [3.05, 3.63) is 29.3 Å². The molecule has 0 spiro atoms. The van der Waals surface area contributed by atoms with Gasteiger partial charge in [-0.25, -0.2) is 4.98 Å². The molecule has 2 heterocycles. The smallest absolute Gasteiger partial charge is 0.225 e. The van der Waals surface area contributed by atoms with Crippen LogP contribution in [0.25, 0.3) is 10.2 Å². The van der Waals surface area contributed by atoms with E-state index in [-0.39, 0.29) is 5.91 Å². The minimum absolute atomic E-state index is 0.0763. The molecule has 1 N–H and O–H groups in total. The number of amides is 1. The summed E-state index contributed by atoms with van der Waals surface area (Å²) in [6.45, 7) is 0.817. The Morgan fingerprint density at radius 2 is 2.19 bits per heavy atom. The van der Waals surface area contributed by atoms with Gasteiger partial charge in [0.15, 0.2) is 5.17 Å². The summed E-state index contributed by atoms with van der Waals surface area (Å²) >= 11 is 3.37. The molecule has 1 aliphatic rings. The van der Waals surface area contributed by atoms with Crippen LogP contribution in [-0.2, 0) is 11.2 Å². The van der Waals surface area contributed by atoms with Gasteiger partial charge >= 0.3 is 0 Å². The number of rotatable bonds is 5. The van der Waals surface area contributed by atoms with Crippen LogP contribution in [0.2, 0.25) is 0 Å². The number of fused-ring (bicyclic) bond motifs is 1. The molecular formula is C15H17N3OS2. The highest BCUT2D eigenvalue weighted by molar-refractivity contribution is 8.14. The van der Waals surface area contributed by atoms with E-state index in [0.717, 1.165) is 47.3 Å². The van der Waals surface area contributed by atoms with Crippen molar-refractivity contribution in [1.82, 2.24) is 10.3 Å². The normalized spacial score (nSPS) is 14.4. The molecule has 0 radical (unpaired) electrons. The summed E-state index contributed by atoms with van der Waals surface area (Å²) in [5, 5.41) is 4.80. The molecule has 4 nitrogen and oxygen atoms in total. The fourth-order valence-electron chi connectivity index (χ4n) is 2.18. The molecule has 3 rings (SSSR count). The van der Waals surface area contributed by atoms with E-state index in [9.17, 15) is 4.79 Å². The van der Waals surface area contributed by atoms with E-state index in [1.54, 1.807) is 23.1 Å². The molecule has 0 fully saturated rings. The van der Waals surface area contributed by atoms with Crippen LogP contribution in [0.15, 0.2) is 29.3 Å². The first kappa shape index (κ1) is 14.5. The highest BCUT2D eigenvalue weighted by Crippen LogP contribution is 2.22.